The first kappa shape index (κ1) is 13.1. The van der Waals surface area contributed by atoms with Crippen LogP contribution in [0.4, 0.5) is 10.7 Å². The number of hydrogen-bond donors (Lipinski definition) is 2. The number of nitrogens with two attached hydrogens (primary N) is 1. The van der Waals surface area contributed by atoms with Gasteiger partial charge < -0.3 is 11.1 Å². The van der Waals surface area contributed by atoms with E-state index in [1.165, 1.54) is 11.3 Å². The fourth-order valence-electron chi connectivity index (χ4n) is 2.09. The lowest BCUT2D eigenvalue weighted by Crippen LogP contribution is -2.02. The van der Waals surface area contributed by atoms with Gasteiger partial charge in [0.2, 0.25) is 0 Å². The third-order valence-corrected chi connectivity index (χ3v) is 4.60. The number of ketones is 1. The van der Waals surface area contributed by atoms with Crippen LogP contribution in [0.25, 0.3) is 0 Å². The fraction of sp³-hybridized carbons (Fsp3) is 0.333. The van der Waals surface area contributed by atoms with Gasteiger partial charge in [-0.1, -0.05) is 6.07 Å². The number of thiophene rings is 1. The van der Waals surface area contributed by atoms with Crippen LogP contribution in [0.15, 0.2) is 24.4 Å². The van der Waals surface area contributed by atoms with E-state index in [0.29, 0.717) is 17.1 Å². The van der Waals surface area contributed by atoms with Crippen LogP contribution in [-0.2, 0) is 6.54 Å². The molecule has 0 atom stereocenters. The molecule has 2 heterocycles. The molecule has 4 nitrogen and oxygen atoms in total. The SMILES string of the molecule is Cc1cccnc1CNc1cc(N)c(C(=O)C2CC2)s1. The molecular formula is C15H17N3OS. The monoisotopic (exact) mass is 287 g/mol. The first-order valence-electron chi connectivity index (χ1n) is 6.73. The summed E-state index contributed by atoms with van der Waals surface area (Å²) in [5.41, 5.74) is 8.69. The number of carbonyl (C=O) groups excluding carboxylic acids is 1. The molecule has 20 heavy (non-hydrogen) atoms. The van der Waals surface area contributed by atoms with E-state index in [-0.39, 0.29) is 11.7 Å². The van der Waals surface area contributed by atoms with E-state index >= 15 is 0 Å². The third kappa shape index (κ3) is 2.67. The molecular weight excluding hydrogens is 270 g/mol. The maximum absolute atomic E-state index is 12.1. The van der Waals surface area contributed by atoms with Gasteiger partial charge in [-0.15, -0.1) is 11.3 Å². The first-order chi connectivity index (χ1) is 9.65. The molecule has 2 aromatic rings. The molecule has 2 aromatic heterocycles. The summed E-state index contributed by atoms with van der Waals surface area (Å²) in [4.78, 5) is 17.1. The predicted molar refractivity (Wildman–Crippen MR) is 82.1 cm³/mol. The van der Waals surface area contributed by atoms with E-state index in [0.717, 1.165) is 29.1 Å². The summed E-state index contributed by atoms with van der Waals surface area (Å²) in [6.45, 7) is 2.68. The molecule has 3 N–H and O–H groups in total. The van der Waals surface area contributed by atoms with Gasteiger partial charge >= 0.3 is 0 Å². The molecule has 0 bridgehead atoms. The molecule has 1 saturated carbocycles. The van der Waals surface area contributed by atoms with Crippen LogP contribution in [0.3, 0.4) is 0 Å². The number of aryl methyl sites for hydroxylation is 1. The van der Waals surface area contributed by atoms with Gasteiger partial charge in [-0.05, 0) is 37.5 Å². The van der Waals surface area contributed by atoms with E-state index in [1.54, 1.807) is 6.20 Å². The third-order valence-electron chi connectivity index (χ3n) is 3.48. The quantitative estimate of drug-likeness (QED) is 0.828. The lowest BCUT2D eigenvalue weighted by atomic mass is 10.2. The van der Waals surface area contributed by atoms with E-state index in [2.05, 4.69) is 10.3 Å². The van der Waals surface area contributed by atoms with Crippen molar-refractivity contribution >= 4 is 27.8 Å². The molecule has 0 aliphatic heterocycles. The van der Waals surface area contributed by atoms with Gasteiger partial charge in [0, 0.05) is 12.1 Å². The zero-order valence-electron chi connectivity index (χ0n) is 11.3. The number of carbonyl (C=O) groups is 1. The highest BCUT2D eigenvalue weighted by Crippen LogP contribution is 2.38. The zero-order chi connectivity index (χ0) is 14.1. The van der Waals surface area contributed by atoms with E-state index in [4.69, 9.17) is 5.73 Å². The van der Waals surface area contributed by atoms with Crippen molar-refractivity contribution in [2.24, 2.45) is 5.92 Å². The van der Waals surface area contributed by atoms with Gasteiger partial charge in [-0.2, -0.15) is 0 Å². The normalized spacial score (nSPS) is 14.2. The van der Waals surface area contributed by atoms with Gasteiger partial charge in [-0.25, -0.2) is 0 Å². The van der Waals surface area contributed by atoms with Crippen molar-refractivity contribution in [3.05, 3.63) is 40.5 Å². The minimum Gasteiger partial charge on any atom is -0.397 e. The summed E-state index contributed by atoms with van der Waals surface area (Å²) in [6.07, 6.45) is 3.80. The summed E-state index contributed by atoms with van der Waals surface area (Å²) < 4.78 is 0. The van der Waals surface area contributed by atoms with Crippen LogP contribution in [0.5, 0.6) is 0 Å². The Morgan fingerprint density at radius 3 is 3.05 bits per heavy atom. The van der Waals surface area contributed by atoms with Gasteiger partial charge in [0.05, 0.1) is 27.8 Å². The van der Waals surface area contributed by atoms with Crippen LogP contribution < -0.4 is 11.1 Å². The average molecular weight is 287 g/mol. The van der Waals surface area contributed by atoms with E-state index in [9.17, 15) is 4.79 Å². The Bertz CT molecular complexity index is 646. The maximum atomic E-state index is 12.1. The Labute approximate surface area is 122 Å². The lowest BCUT2D eigenvalue weighted by Gasteiger charge is -2.05. The largest absolute Gasteiger partial charge is 0.397 e. The van der Waals surface area contributed by atoms with Crippen LogP contribution in [-0.4, -0.2) is 10.8 Å². The Kier molecular flexibility index (Phi) is 3.44. The number of aromatic nitrogens is 1. The molecule has 0 aromatic carbocycles. The first-order valence-corrected chi connectivity index (χ1v) is 7.54. The number of pyridine rings is 1. The van der Waals surface area contributed by atoms with Crippen LogP contribution >= 0.6 is 11.3 Å². The van der Waals surface area contributed by atoms with Crippen LogP contribution in [0.1, 0.15) is 33.8 Å². The van der Waals surface area contributed by atoms with Crippen molar-refractivity contribution in [2.45, 2.75) is 26.3 Å². The smallest absolute Gasteiger partial charge is 0.178 e. The van der Waals surface area contributed by atoms with E-state index in [1.807, 2.05) is 25.1 Å². The predicted octanol–water partition coefficient (Wildman–Crippen LogP) is 3.24. The molecule has 1 fully saturated rings. The Morgan fingerprint density at radius 2 is 2.35 bits per heavy atom. The zero-order valence-corrected chi connectivity index (χ0v) is 12.2. The molecule has 5 heteroatoms. The number of rotatable bonds is 5. The number of nitrogens with zero attached hydrogens (tertiary/aromatic N) is 1. The lowest BCUT2D eigenvalue weighted by molar-refractivity contribution is 0.0972. The van der Waals surface area contributed by atoms with Gasteiger partial charge in [0.15, 0.2) is 5.78 Å². The summed E-state index contributed by atoms with van der Waals surface area (Å²) >= 11 is 1.45. The van der Waals surface area contributed by atoms with Crippen LogP contribution in [0.2, 0.25) is 0 Å². The number of Topliss-reactive ketones (excluding diaryl/α,β-unsaturated/α-hetero) is 1. The second-order valence-corrected chi connectivity index (χ2v) is 6.21. The standard InChI is InChI=1S/C15H17N3OS/c1-9-3-2-6-17-12(9)8-18-13-7-11(16)15(20-13)14(19)10-4-5-10/h2-3,6-7,10,18H,4-5,8,16H2,1H3. The molecule has 3 rings (SSSR count). The van der Waals surface area contributed by atoms with Gasteiger partial charge in [0.25, 0.3) is 0 Å². The minimum absolute atomic E-state index is 0.203. The summed E-state index contributed by atoms with van der Waals surface area (Å²) in [5, 5.41) is 4.23. The number of anilines is 2. The molecule has 0 radical (unpaired) electrons. The molecule has 0 saturated heterocycles. The maximum Gasteiger partial charge on any atom is 0.178 e. The van der Waals surface area contributed by atoms with Gasteiger partial charge in [-0.3, -0.25) is 9.78 Å². The van der Waals surface area contributed by atoms with E-state index < -0.39 is 0 Å². The molecule has 0 unspecified atom stereocenters. The van der Waals surface area contributed by atoms with Gasteiger partial charge in [0.1, 0.15) is 0 Å². The van der Waals surface area contributed by atoms with Crippen molar-refractivity contribution in [3.63, 3.8) is 0 Å². The second kappa shape index (κ2) is 5.25. The molecule has 0 amide bonds. The minimum atomic E-state index is 0.203. The topological polar surface area (TPSA) is 68.0 Å². The molecule has 104 valence electrons. The van der Waals surface area contributed by atoms with Crippen LogP contribution in [0, 0.1) is 12.8 Å². The second-order valence-electron chi connectivity index (χ2n) is 5.15. The summed E-state index contributed by atoms with van der Waals surface area (Å²) in [5.74, 6) is 0.413. The Hall–Kier alpha value is -1.88. The highest BCUT2D eigenvalue weighted by atomic mass is 32.1. The van der Waals surface area contributed by atoms with Crippen molar-refractivity contribution in [1.82, 2.24) is 4.98 Å². The highest BCUT2D eigenvalue weighted by molar-refractivity contribution is 7.18. The van der Waals surface area contributed by atoms with Crippen molar-refractivity contribution in [1.29, 1.82) is 0 Å². The number of nitrogen functional groups attached to an aromatic ring is 1. The van der Waals surface area contributed by atoms with Crippen molar-refractivity contribution in [3.8, 4) is 0 Å². The fourth-order valence-corrected chi connectivity index (χ4v) is 3.08. The summed E-state index contributed by atoms with van der Waals surface area (Å²) in [6, 6.07) is 5.81. The molecule has 1 aliphatic carbocycles. The number of hydrogen-bond acceptors (Lipinski definition) is 5. The Morgan fingerprint density at radius 1 is 1.55 bits per heavy atom. The molecule has 1 aliphatic rings. The number of nitrogens with one attached hydrogen (secondary N) is 1. The molecule has 0 spiro atoms. The van der Waals surface area contributed by atoms with Crippen molar-refractivity contribution < 1.29 is 4.79 Å². The summed E-state index contributed by atoms with van der Waals surface area (Å²) in [7, 11) is 0. The van der Waals surface area contributed by atoms with Crippen molar-refractivity contribution in [2.75, 3.05) is 11.1 Å². The highest BCUT2D eigenvalue weighted by Gasteiger charge is 2.32. The average Bonchev–Trinajstić information content (AvgIpc) is 3.21. The Balaban J connectivity index is 1.70.